The Morgan fingerprint density at radius 1 is 1.36 bits per heavy atom. The first-order chi connectivity index (χ1) is 10.7. The van der Waals surface area contributed by atoms with Crippen LogP contribution in [0.2, 0.25) is 0 Å². The summed E-state index contributed by atoms with van der Waals surface area (Å²) in [6.45, 7) is 3.51. The molecule has 2 N–H and O–H groups in total. The van der Waals surface area contributed by atoms with Crippen LogP contribution in [0.15, 0.2) is 47.6 Å². The van der Waals surface area contributed by atoms with E-state index < -0.39 is 0 Å². The first kappa shape index (κ1) is 14.3. The molecule has 1 aliphatic rings. The smallest absolute Gasteiger partial charge is 0.219 e. The van der Waals surface area contributed by atoms with Crippen molar-refractivity contribution in [3.8, 4) is 11.6 Å². The number of rotatable bonds is 4. The summed E-state index contributed by atoms with van der Waals surface area (Å²) in [6.07, 6.45) is 1.72. The molecule has 1 aromatic heterocycles. The quantitative estimate of drug-likeness (QED) is 0.910. The van der Waals surface area contributed by atoms with Gasteiger partial charge in [0.15, 0.2) is 5.96 Å². The standard InChI is InChI=1S/C16H17FN4O/c1-11-8-19-16(21-11)20-10-12-5-6-15(18-9-12)22-14-4-2-3-13(17)7-14/h2-7,9,11H,8,10H2,1H3,(H2,19,20,21). The molecule has 0 amide bonds. The molecule has 0 fully saturated rings. The lowest BCUT2D eigenvalue weighted by molar-refractivity contribution is 0.457. The lowest BCUT2D eigenvalue weighted by atomic mass is 10.3. The number of hydrogen-bond acceptors (Lipinski definition) is 5. The molecule has 2 aromatic rings. The first-order valence-corrected chi connectivity index (χ1v) is 7.12. The van der Waals surface area contributed by atoms with Crippen molar-refractivity contribution in [3.63, 3.8) is 0 Å². The van der Waals surface area contributed by atoms with Crippen molar-refractivity contribution in [1.82, 2.24) is 15.6 Å². The minimum Gasteiger partial charge on any atom is -0.439 e. The van der Waals surface area contributed by atoms with Crippen LogP contribution < -0.4 is 15.4 Å². The van der Waals surface area contributed by atoms with Gasteiger partial charge in [0, 0.05) is 30.9 Å². The Morgan fingerprint density at radius 2 is 2.27 bits per heavy atom. The van der Waals surface area contributed by atoms with Crippen LogP contribution in [0.3, 0.4) is 0 Å². The van der Waals surface area contributed by atoms with Crippen molar-refractivity contribution in [2.75, 3.05) is 6.54 Å². The Kier molecular flexibility index (Phi) is 4.18. The SMILES string of the molecule is CC1CN=C(NCc2ccc(Oc3cccc(F)c3)nc2)N1. The van der Waals surface area contributed by atoms with Gasteiger partial charge in [0.1, 0.15) is 11.6 Å². The van der Waals surface area contributed by atoms with Gasteiger partial charge >= 0.3 is 0 Å². The fraction of sp³-hybridized carbons (Fsp3) is 0.250. The van der Waals surface area contributed by atoms with Crippen molar-refractivity contribution >= 4 is 5.96 Å². The molecule has 1 unspecified atom stereocenters. The highest BCUT2D eigenvalue weighted by molar-refractivity contribution is 5.81. The number of aliphatic imine (C=N–C) groups is 1. The molecule has 0 bridgehead atoms. The second-order valence-electron chi connectivity index (χ2n) is 5.15. The summed E-state index contributed by atoms with van der Waals surface area (Å²) in [5.41, 5.74) is 1.01. The van der Waals surface area contributed by atoms with Crippen LogP contribution in [0, 0.1) is 5.82 Å². The molecule has 0 aliphatic carbocycles. The lowest BCUT2D eigenvalue weighted by Crippen LogP contribution is -2.37. The maximum atomic E-state index is 13.1. The summed E-state index contributed by atoms with van der Waals surface area (Å²) in [4.78, 5) is 8.55. The highest BCUT2D eigenvalue weighted by atomic mass is 19.1. The zero-order valence-corrected chi connectivity index (χ0v) is 12.2. The molecule has 0 spiro atoms. The van der Waals surface area contributed by atoms with E-state index in [0.29, 0.717) is 24.2 Å². The van der Waals surface area contributed by atoms with Crippen LogP contribution in [-0.2, 0) is 6.54 Å². The number of nitrogens with one attached hydrogen (secondary N) is 2. The maximum Gasteiger partial charge on any atom is 0.219 e. The van der Waals surface area contributed by atoms with Gasteiger partial charge in [-0.2, -0.15) is 0 Å². The fourth-order valence-electron chi connectivity index (χ4n) is 2.07. The van der Waals surface area contributed by atoms with E-state index in [1.54, 1.807) is 24.4 Å². The van der Waals surface area contributed by atoms with Crippen molar-refractivity contribution in [1.29, 1.82) is 0 Å². The van der Waals surface area contributed by atoms with E-state index in [4.69, 9.17) is 4.74 Å². The second-order valence-corrected chi connectivity index (χ2v) is 5.15. The molecule has 5 nitrogen and oxygen atoms in total. The number of aromatic nitrogens is 1. The van der Waals surface area contributed by atoms with Gasteiger partial charge in [-0.25, -0.2) is 9.37 Å². The lowest BCUT2D eigenvalue weighted by Gasteiger charge is -2.09. The molecular formula is C16H17FN4O. The molecule has 6 heteroatoms. The summed E-state index contributed by atoms with van der Waals surface area (Å²) in [5, 5.41) is 6.45. The Hall–Kier alpha value is -2.63. The van der Waals surface area contributed by atoms with Crippen molar-refractivity contribution in [2.24, 2.45) is 4.99 Å². The predicted octanol–water partition coefficient (Wildman–Crippen LogP) is 2.45. The Morgan fingerprint density at radius 3 is 2.95 bits per heavy atom. The van der Waals surface area contributed by atoms with Crippen LogP contribution in [0.4, 0.5) is 4.39 Å². The normalized spacial score (nSPS) is 16.8. The third kappa shape index (κ3) is 3.72. The highest BCUT2D eigenvalue weighted by Crippen LogP contribution is 2.19. The topological polar surface area (TPSA) is 58.5 Å². The summed E-state index contributed by atoms with van der Waals surface area (Å²) in [6, 6.07) is 10.0. The van der Waals surface area contributed by atoms with Crippen LogP contribution in [-0.4, -0.2) is 23.5 Å². The van der Waals surface area contributed by atoms with Gasteiger partial charge in [-0.1, -0.05) is 12.1 Å². The minimum atomic E-state index is -0.336. The van der Waals surface area contributed by atoms with E-state index in [1.165, 1.54) is 12.1 Å². The van der Waals surface area contributed by atoms with Gasteiger partial charge in [0.2, 0.25) is 5.88 Å². The number of nitrogens with zero attached hydrogens (tertiary/aromatic N) is 2. The zero-order valence-electron chi connectivity index (χ0n) is 12.2. The summed E-state index contributed by atoms with van der Waals surface area (Å²) >= 11 is 0. The first-order valence-electron chi connectivity index (χ1n) is 7.12. The number of ether oxygens (including phenoxy) is 1. The molecule has 0 saturated heterocycles. The summed E-state index contributed by atoms with van der Waals surface area (Å²) < 4.78 is 18.6. The molecule has 1 aromatic carbocycles. The molecule has 114 valence electrons. The number of halogens is 1. The number of pyridine rings is 1. The largest absolute Gasteiger partial charge is 0.439 e. The summed E-state index contributed by atoms with van der Waals surface area (Å²) in [7, 11) is 0. The van der Waals surface area contributed by atoms with E-state index >= 15 is 0 Å². The molecular weight excluding hydrogens is 283 g/mol. The number of guanidine groups is 1. The number of hydrogen-bond donors (Lipinski definition) is 2. The predicted molar refractivity (Wildman–Crippen MR) is 82.5 cm³/mol. The molecule has 0 radical (unpaired) electrons. The third-order valence-electron chi connectivity index (χ3n) is 3.18. The van der Waals surface area contributed by atoms with Crippen molar-refractivity contribution < 1.29 is 9.13 Å². The fourth-order valence-corrected chi connectivity index (χ4v) is 2.07. The van der Waals surface area contributed by atoms with E-state index in [-0.39, 0.29) is 5.82 Å². The zero-order chi connectivity index (χ0) is 15.4. The van der Waals surface area contributed by atoms with Crippen molar-refractivity contribution in [3.05, 3.63) is 54.0 Å². The summed E-state index contributed by atoms with van der Waals surface area (Å²) in [5.74, 6) is 1.33. The van der Waals surface area contributed by atoms with Gasteiger partial charge in [-0.15, -0.1) is 0 Å². The van der Waals surface area contributed by atoms with E-state index in [1.807, 2.05) is 6.07 Å². The molecule has 1 atom stereocenters. The van der Waals surface area contributed by atoms with E-state index in [2.05, 4.69) is 27.5 Å². The Labute approximate surface area is 128 Å². The average molecular weight is 300 g/mol. The van der Waals surface area contributed by atoms with E-state index in [9.17, 15) is 4.39 Å². The Bertz CT molecular complexity index is 672. The van der Waals surface area contributed by atoms with Crippen molar-refractivity contribution in [2.45, 2.75) is 19.5 Å². The second kappa shape index (κ2) is 6.43. The van der Waals surface area contributed by atoms with Crippen LogP contribution in [0.1, 0.15) is 12.5 Å². The van der Waals surface area contributed by atoms with Gasteiger partial charge < -0.3 is 15.4 Å². The van der Waals surface area contributed by atoms with Gasteiger partial charge in [0.05, 0.1) is 6.54 Å². The number of benzene rings is 1. The average Bonchev–Trinajstić information content (AvgIpc) is 2.92. The van der Waals surface area contributed by atoms with Crippen LogP contribution in [0.25, 0.3) is 0 Å². The molecule has 3 rings (SSSR count). The molecule has 0 saturated carbocycles. The Balaban J connectivity index is 1.56. The maximum absolute atomic E-state index is 13.1. The molecule has 2 heterocycles. The molecule has 1 aliphatic heterocycles. The van der Waals surface area contributed by atoms with Crippen LogP contribution in [0.5, 0.6) is 11.6 Å². The molecule has 22 heavy (non-hydrogen) atoms. The van der Waals surface area contributed by atoms with Gasteiger partial charge in [-0.3, -0.25) is 4.99 Å². The third-order valence-corrected chi connectivity index (χ3v) is 3.18. The minimum absolute atomic E-state index is 0.336. The van der Waals surface area contributed by atoms with Gasteiger partial charge in [-0.05, 0) is 24.6 Å². The monoisotopic (exact) mass is 300 g/mol. The van der Waals surface area contributed by atoms with E-state index in [0.717, 1.165) is 18.1 Å². The van der Waals surface area contributed by atoms with Gasteiger partial charge in [0.25, 0.3) is 0 Å². The highest BCUT2D eigenvalue weighted by Gasteiger charge is 2.11. The van der Waals surface area contributed by atoms with Crippen LogP contribution >= 0.6 is 0 Å².